The van der Waals surface area contributed by atoms with Crippen LogP contribution in [0.5, 0.6) is 0 Å². The second-order valence-electron chi connectivity index (χ2n) is 4.13. The van der Waals surface area contributed by atoms with E-state index in [4.69, 9.17) is 4.42 Å². The molecule has 0 spiro atoms. The summed E-state index contributed by atoms with van der Waals surface area (Å²) in [4.78, 5) is 10.5. The maximum absolute atomic E-state index is 10.5. The number of hydrogen-bond donors (Lipinski definition) is 1. The molecule has 1 heterocycles. The van der Waals surface area contributed by atoms with E-state index in [2.05, 4.69) is 0 Å². The van der Waals surface area contributed by atoms with Crippen LogP contribution in [-0.2, 0) is 0 Å². The molecule has 13 heavy (non-hydrogen) atoms. The molecule has 0 bridgehead atoms. The van der Waals surface area contributed by atoms with Crippen molar-refractivity contribution in [2.45, 2.75) is 26.9 Å². The maximum Gasteiger partial charge on any atom is 0.153 e. The van der Waals surface area contributed by atoms with E-state index in [0.717, 1.165) is 0 Å². The number of hydrogen-bond acceptors (Lipinski definition) is 3. The summed E-state index contributed by atoms with van der Waals surface area (Å²) in [6.07, 6.45) is 1.35. The Hall–Kier alpha value is -1.09. The molecule has 3 nitrogen and oxygen atoms in total. The molecule has 0 amide bonds. The molecule has 0 aliphatic rings. The van der Waals surface area contributed by atoms with E-state index in [9.17, 15) is 9.90 Å². The van der Waals surface area contributed by atoms with Gasteiger partial charge in [-0.05, 0) is 11.5 Å². The number of carbonyl (C=O) groups is 1. The lowest BCUT2D eigenvalue weighted by molar-refractivity contribution is 0.0426. The molecule has 0 aliphatic carbocycles. The molecule has 0 saturated carbocycles. The summed E-state index contributed by atoms with van der Waals surface area (Å²) in [5.41, 5.74) is 0.0951. The Kier molecular flexibility index (Phi) is 2.57. The minimum Gasteiger partial charge on any atom is -0.466 e. The topological polar surface area (TPSA) is 50.4 Å². The Morgan fingerprint density at radius 1 is 1.54 bits per heavy atom. The normalized spacial score (nSPS) is 14.2. The van der Waals surface area contributed by atoms with Crippen LogP contribution in [0, 0.1) is 5.41 Å². The molecular weight excluding hydrogens is 168 g/mol. The van der Waals surface area contributed by atoms with Crippen LogP contribution in [0.4, 0.5) is 0 Å². The highest BCUT2D eigenvalue weighted by atomic mass is 16.4. The fourth-order valence-corrected chi connectivity index (χ4v) is 1.04. The molecule has 0 fully saturated rings. The van der Waals surface area contributed by atoms with E-state index in [1.165, 1.54) is 6.26 Å². The average Bonchev–Trinajstić information content (AvgIpc) is 2.48. The Labute approximate surface area is 77.4 Å². The number of furan rings is 1. The van der Waals surface area contributed by atoms with Crippen molar-refractivity contribution in [2.24, 2.45) is 5.41 Å². The zero-order chi connectivity index (χ0) is 10.1. The standard InChI is InChI=1S/C10H14O3/c1-10(2,3)9(12)8-7(6-11)4-5-13-8/h4-6,9,12H,1-3H3. The number of rotatable bonds is 2. The van der Waals surface area contributed by atoms with Gasteiger partial charge in [0.25, 0.3) is 0 Å². The first-order valence-corrected chi connectivity index (χ1v) is 4.17. The first-order chi connectivity index (χ1) is 5.96. The number of carbonyl (C=O) groups excluding carboxylic acids is 1. The van der Waals surface area contributed by atoms with E-state index in [1.54, 1.807) is 6.07 Å². The quantitative estimate of drug-likeness (QED) is 0.713. The summed E-state index contributed by atoms with van der Waals surface area (Å²) in [5, 5.41) is 9.81. The fraction of sp³-hybridized carbons (Fsp3) is 0.500. The Bertz CT molecular complexity index is 293. The molecule has 1 atom stereocenters. The predicted octanol–water partition coefficient (Wildman–Crippen LogP) is 2.17. The first-order valence-electron chi connectivity index (χ1n) is 4.17. The minimum atomic E-state index is -0.748. The van der Waals surface area contributed by atoms with Gasteiger partial charge in [0, 0.05) is 0 Å². The van der Waals surface area contributed by atoms with Crippen molar-refractivity contribution >= 4 is 6.29 Å². The van der Waals surface area contributed by atoms with Gasteiger partial charge in [0.2, 0.25) is 0 Å². The highest BCUT2D eigenvalue weighted by Gasteiger charge is 2.28. The van der Waals surface area contributed by atoms with Crippen molar-refractivity contribution in [1.82, 2.24) is 0 Å². The van der Waals surface area contributed by atoms with Crippen molar-refractivity contribution < 1.29 is 14.3 Å². The van der Waals surface area contributed by atoms with E-state index < -0.39 is 6.10 Å². The van der Waals surface area contributed by atoms with Gasteiger partial charge in [0.05, 0.1) is 11.8 Å². The summed E-state index contributed by atoms with van der Waals surface area (Å²) in [6.45, 7) is 5.65. The van der Waals surface area contributed by atoms with Gasteiger partial charge in [0.1, 0.15) is 11.9 Å². The second kappa shape index (κ2) is 3.34. The van der Waals surface area contributed by atoms with Gasteiger partial charge in [0.15, 0.2) is 6.29 Å². The monoisotopic (exact) mass is 182 g/mol. The summed E-state index contributed by atoms with van der Waals surface area (Å²) >= 11 is 0. The molecule has 0 saturated heterocycles. The lowest BCUT2D eigenvalue weighted by Gasteiger charge is -2.24. The Morgan fingerprint density at radius 3 is 2.62 bits per heavy atom. The molecule has 0 radical (unpaired) electrons. The van der Waals surface area contributed by atoms with E-state index in [0.29, 0.717) is 17.6 Å². The maximum atomic E-state index is 10.5. The number of aldehydes is 1. The molecular formula is C10H14O3. The van der Waals surface area contributed by atoms with Crippen LogP contribution in [-0.4, -0.2) is 11.4 Å². The van der Waals surface area contributed by atoms with Crippen LogP contribution >= 0.6 is 0 Å². The molecule has 0 aliphatic heterocycles. The summed E-state index contributed by atoms with van der Waals surface area (Å²) < 4.78 is 5.06. The Balaban J connectivity index is 3.01. The van der Waals surface area contributed by atoms with Crippen LogP contribution < -0.4 is 0 Å². The molecule has 0 aromatic carbocycles. The van der Waals surface area contributed by atoms with Crippen molar-refractivity contribution in [3.8, 4) is 0 Å². The van der Waals surface area contributed by atoms with Gasteiger partial charge in [-0.25, -0.2) is 0 Å². The third-order valence-corrected chi connectivity index (χ3v) is 1.92. The molecule has 1 unspecified atom stereocenters. The van der Waals surface area contributed by atoms with E-state index in [-0.39, 0.29) is 5.41 Å². The number of aliphatic hydroxyl groups excluding tert-OH is 1. The zero-order valence-corrected chi connectivity index (χ0v) is 8.07. The molecule has 1 aromatic rings. The molecule has 1 aromatic heterocycles. The third-order valence-electron chi connectivity index (χ3n) is 1.92. The van der Waals surface area contributed by atoms with E-state index >= 15 is 0 Å². The Morgan fingerprint density at radius 2 is 2.15 bits per heavy atom. The number of aliphatic hydroxyl groups is 1. The van der Waals surface area contributed by atoms with Crippen molar-refractivity contribution in [3.05, 3.63) is 23.7 Å². The van der Waals surface area contributed by atoms with Crippen molar-refractivity contribution in [1.29, 1.82) is 0 Å². The molecule has 72 valence electrons. The minimum absolute atomic E-state index is 0.324. The van der Waals surface area contributed by atoms with Gasteiger partial charge >= 0.3 is 0 Å². The lowest BCUT2D eigenvalue weighted by Crippen LogP contribution is -2.18. The average molecular weight is 182 g/mol. The van der Waals surface area contributed by atoms with Crippen molar-refractivity contribution in [2.75, 3.05) is 0 Å². The second-order valence-corrected chi connectivity index (χ2v) is 4.13. The largest absolute Gasteiger partial charge is 0.466 e. The summed E-state index contributed by atoms with van der Waals surface area (Å²) in [7, 11) is 0. The summed E-state index contributed by atoms with van der Waals surface area (Å²) in [6, 6.07) is 1.55. The van der Waals surface area contributed by atoms with Crippen LogP contribution in [0.15, 0.2) is 16.7 Å². The molecule has 1 N–H and O–H groups in total. The highest BCUT2D eigenvalue weighted by Crippen LogP contribution is 2.34. The van der Waals surface area contributed by atoms with Gasteiger partial charge in [-0.3, -0.25) is 4.79 Å². The van der Waals surface area contributed by atoms with Crippen molar-refractivity contribution in [3.63, 3.8) is 0 Å². The predicted molar refractivity (Wildman–Crippen MR) is 48.5 cm³/mol. The van der Waals surface area contributed by atoms with Crippen LogP contribution in [0.25, 0.3) is 0 Å². The van der Waals surface area contributed by atoms with Gasteiger partial charge < -0.3 is 9.52 Å². The lowest BCUT2D eigenvalue weighted by atomic mass is 9.87. The molecule has 3 heteroatoms. The van der Waals surface area contributed by atoms with Gasteiger partial charge in [-0.1, -0.05) is 20.8 Å². The highest BCUT2D eigenvalue weighted by molar-refractivity contribution is 5.76. The first kappa shape index (κ1) is 9.99. The van der Waals surface area contributed by atoms with Crippen LogP contribution in [0.1, 0.15) is 43.0 Å². The smallest absolute Gasteiger partial charge is 0.153 e. The third kappa shape index (κ3) is 1.98. The van der Waals surface area contributed by atoms with Crippen LogP contribution in [0.3, 0.4) is 0 Å². The van der Waals surface area contributed by atoms with Crippen LogP contribution in [0.2, 0.25) is 0 Å². The van der Waals surface area contributed by atoms with Gasteiger partial charge in [-0.2, -0.15) is 0 Å². The zero-order valence-electron chi connectivity index (χ0n) is 8.07. The van der Waals surface area contributed by atoms with E-state index in [1.807, 2.05) is 20.8 Å². The SMILES string of the molecule is CC(C)(C)C(O)c1occc1C=O. The summed E-state index contributed by atoms with van der Waals surface area (Å²) in [5.74, 6) is 0.350. The fourth-order valence-electron chi connectivity index (χ4n) is 1.04. The van der Waals surface area contributed by atoms with Gasteiger partial charge in [-0.15, -0.1) is 0 Å². The molecule has 1 rings (SSSR count).